The first-order chi connectivity index (χ1) is 8.33. The van der Waals surface area contributed by atoms with E-state index >= 15 is 0 Å². The molecular weight excluding hydrogens is 265 g/mol. The Balaban J connectivity index is 2.68. The van der Waals surface area contributed by atoms with Gasteiger partial charge in [0.15, 0.2) is 0 Å². The third-order valence-electron chi connectivity index (χ3n) is 3.16. The Morgan fingerprint density at radius 3 is 2.17 bits per heavy atom. The molecule has 3 heteroatoms. The first kappa shape index (κ1) is 15.8. The van der Waals surface area contributed by atoms with E-state index in [4.69, 9.17) is 23.2 Å². The van der Waals surface area contributed by atoms with Gasteiger partial charge in [0.05, 0.1) is 0 Å². The van der Waals surface area contributed by atoms with E-state index in [1.165, 1.54) is 6.42 Å². The van der Waals surface area contributed by atoms with Crippen molar-refractivity contribution in [3.05, 3.63) is 33.8 Å². The Morgan fingerprint density at radius 2 is 1.72 bits per heavy atom. The van der Waals surface area contributed by atoms with Crippen molar-refractivity contribution in [3.63, 3.8) is 0 Å². The highest BCUT2D eigenvalue weighted by Crippen LogP contribution is 2.28. The summed E-state index contributed by atoms with van der Waals surface area (Å²) in [5.74, 6) is 0. The maximum Gasteiger partial charge on any atom is 0.0453 e. The number of likely N-dealkylation sites (N-methyl/N-ethyl adjacent to an activating group) is 1. The van der Waals surface area contributed by atoms with E-state index in [-0.39, 0.29) is 0 Å². The zero-order chi connectivity index (χ0) is 13.8. The lowest BCUT2D eigenvalue weighted by Gasteiger charge is -2.23. The number of rotatable bonds is 5. The summed E-state index contributed by atoms with van der Waals surface area (Å²) in [4.78, 5) is 0. The summed E-state index contributed by atoms with van der Waals surface area (Å²) in [7, 11) is 2.00. The van der Waals surface area contributed by atoms with E-state index in [0.29, 0.717) is 11.5 Å². The Hall–Kier alpha value is -0.240. The summed E-state index contributed by atoms with van der Waals surface area (Å²) in [6.45, 7) is 6.80. The molecule has 0 radical (unpaired) electrons. The highest BCUT2D eigenvalue weighted by molar-refractivity contribution is 6.35. The van der Waals surface area contributed by atoms with Crippen LogP contribution in [0.1, 0.15) is 39.2 Å². The molecule has 1 nitrogen and oxygen atoms in total. The summed E-state index contributed by atoms with van der Waals surface area (Å²) in [5.41, 5.74) is 1.41. The van der Waals surface area contributed by atoms with E-state index in [9.17, 15) is 0 Å². The quantitative estimate of drug-likeness (QED) is 0.808. The van der Waals surface area contributed by atoms with Gasteiger partial charge in [-0.2, -0.15) is 0 Å². The van der Waals surface area contributed by atoms with Crippen LogP contribution in [0, 0.1) is 5.41 Å². The van der Waals surface area contributed by atoms with Crippen LogP contribution >= 0.6 is 23.2 Å². The second-order valence-electron chi connectivity index (χ2n) is 5.99. The largest absolute Gasteiger partial charge is 0.317 e. The van der Waals surface area contributed by atoms with Crippen LogP contribution in [0.4, 0.5) is 0 Å². The van der Waals surface area contributed by atoms with Crippen molar-refractivity contribution in [2.75, 3.05) is 7.05 Å². The van der Waals surface area contributed by atoms with Crippen LogP contribution < -0.4 is 5.32 Å². The summed E-state index contributed by atoms with van der Waals surface area (Å²) in [6, 6.07) is 6.11. The molecule has 0 saturated carbocycles. The molecular formula is C15H23Cl2N. The van der Waals surface area contributed by atoms with Crippen molar-refractivity contribution < 1.29 is 0 Å². The standard InChI is InChI=1S/C15H23Cl2N/c1-15(2,3)9-8-11(18-4)10-12-13(16)6-5-7-14(12)17/h5-7,11,18H,8-10H2,1-4H3. The molecule has 102 valence electrons. The molecule has 0 aliphatic heterocycles. The van der Waals surface area contributed by atoms with Crippen molar-refractivity contribution >= 4 is 23.2 Å². The minimum Gasteiger partial charge on any atom is -0.317 e. The maximum absolute atomic E-state index is 6.21. The Morgan fingerprint density at radius 1 is 1.17 bits per heavy atom. The molecule has 0 aliphatic carbocycles. The van der Waals surface area contributed by atoms with Crippen molar-refractivity contribution in [3.8, 4) is 0 Å². The van der Waals surface area contributed by atoms with Crippen molar-refractivity contribution in [1.29, 1.82) is 0 Å². The minimum absolute atomic E-state index is 0.360. The van der Waals surface area contributed by atoms with Gasteiger partial charge < -0.3 is 5.32 Å². The fourth-order valence-corrected chi connectivity index (χ4v) is 2.48. The lowest BCUT2D eigenvalue weighted by atomic mass is 9.87. The van der Waals surface area contributed by atoms with Crippen LogP contribution in [0.5, 0.6) is 0 Å². The summed E-state index contributed by atoms with van der Waals surface area (Å²) < 4.78 is 0. The van der Waals surface area contributed by atoms with Crippen molar-refractivity contribution in [1.82, 2.24) is 5.32 Å². The van der Waals surface area contributed by atoms with Gasteiger partial charge in [0, 0.05) is 16.1 Å². The Labute approximate surface area is 121 Å². The summed E-state index contributed by atoms with van der Waals surface area (Å²) >= 11 is 12.4. The molecule has 0 amide bonds. The molecule has 1 atom stereocenters. The Kier molecular flexibility index (Phi) is 5.97. The van der Waals surface area contributed by atoms with Gasteiger partial charge in [-0.05, 0) is 49.4 Å². The predicted molar refractivity (Wildman–Crippen MR) is 81.7 cm³/mol. The SMILES string of the molecule is CNC(CCC(C)(C)C)Cc1c(Cl)cccc1Cl. The first-order valence-electron chi connectivity index (χ1n) is 6.43. The van der Waals surface area contributed by atoms with Crippen molar-refractivity contribution in [2.45, 2.75) is 46.1 Å². The lowest BCUT2D eigenvalue weighted by Crippen LogP contribution is -2.29. The van der Waals surface area contributed by atoms with Crippen LogP contribution in [0.3, 0.4) is 0 Å². The van der Waals surface area contributed by atoms with Gasteiger partial charge in [0.2, 0.25) is 0 Å². The van der Waals surface area contributed by atoms with Gasteiger partial charge in [-0.3, -0.25) is 0 Å². The van der Waals surface area contributed by atoms with E-state index in [1.54, 1.807) is 0 Å². The van der Waals surface area contributed by atoms with Crippen LogP contribution in [-0.4, -0.2) is 13.1 Å². The van der Waals surface area contributed by atoms with Gasteiger partial charge in [-0.1, -0.05) is 50.0 Å². The molecule has 1 aromatic carbocycles. The average molecular weight is 288 g/mol. The number of hydrogen-bond donors (Lipinski definition) is 1. The zero-order valence-corrected chi connectivity index (χ0v) is 13.2. The fraction of sp³-hybridized carbons (Fsp3) is 0.600. The van der Waals surface area contributed by atoms with Gasteiger partial charge in [0.1, 0.15) is 0 Å². The summed E-state index contributed by atoms with van der Waals surface area (Å²) in [6.07, 6.45) is 3.19. The smallest absolute Gasteiger partial charge is 0.0453 e. The van der Waals surface area contributed by atoms with Crippen LogP contribution in [0.2, 0.25) is 10.0 Å². The Bertz CT molecular complexity index is 362. The zero-order valence-electron chi connectivity index (χ0n) is 11.7. The molecule has 0 fully saturated rings. The van der Waals surface area contributed by atoms with Crippen LogP contribution in [0.25, 0.3) is 0 Å². The topological polar surface area (TPSA) is 12.0 Å². The predicted octanol–water partition coefficient (Wildman–Crippen LogP) is 4.95. The van der Waals surface area contributed by atoms with Gasteiger partial charge >= 0.3 is 0 Å². The monoisotopic (exact) mass is 287 g/mol. The first-order valence-corrected chi connectivity index (χ1v) is 7.19. The van der Waals surface area contributed by atoms with E-state index < -0.39 is 0 Å². The molecule has 1 aromatic rings. The highest BCUT2D eigenvalue weighted by Gasteiger charge is 2.16. The highest BCUT2D eigenvalue weighted by atomic mass is 35.5. The number of hydrogen-bond acceptors (Lipinski definition) is 1. The normalized spacial score (nSPS) is 13.7. The molecule has 0 saturated heterocycles. The molecule has 0 bridgehead atoms. The third-order valence-corrected chi connectivity index (χ3v) is 3.87. The molecule has 0 aliphatic rings. The van der Waals surface area contributed by atoms with Gasteiger partial charge in [-0.25, -0.2) is 0 Å². The average Bonchev–Trinajstić information content (AvgIpc) is 2.26. The van der Waals surface area contributed by atoms with E-state index in [0.717, 1.165) is 28.5 Å². The number of benzene rings is 1. The summed E-state index contributed by atoms with van der Waals surface area (Å²) in [5, 5.41) is 4.89. The second-order valence-corrected chi connectivity index (χ2v) is 6.80. The lowest BCUT2D eigenvalue weighted by molar-refractivity contribution is 0.335. The molecule has 18 heavy (non-hydrogen) atoms. The molecule has 1 N–H and O–H groups in total. The number of nitrogens with one attached hydrogen (secondary N) is 1. The van der Waals surface area contributed by atoms with Crippen LogP contribution in [0.15, 0.2) is 18.2 Å². The minimum atomic E-state index is 0.360. The second kappa shape index (κ2) is 6.79. The molecule has 1 rings (SSSR count). The van der Waals surface area contributed by atoms with Gasteiger partial charge in [0.25, 0.3) is 0 Å². The van der Waals surface area contributed by atoms with Gasteiger partial charge in [-0.15, -0.1) is 0 Å². The van der Waals surface area contributed by atoms with Crippen molar-refractivity contribution in [2.24, 2.45) is 5.41 Å². The molecule has 0 aromatic heterocycles. The van der Waals surface area contributed by atoms with E-state index in [2.05, 4.69) is 26.1 Å². The van der Waals surface area contributed by atoms with E-state index in [1.807, 2.05) is 25.2 Å². The fourth-order valence-electron chi connectivity index (χ4n) is 1.93. The van der Waals surface area contributed by atoms with Crippen LogP contribution in [-0.2, 0) is 6.42 Å². The molecule has 1 unspecified atom stereocenters. The third kappa shape index (κ3) is 5.17. The number of halogens is 2. The maximum atomic E-state index is 6.21. The molecule has 0 spiro atoms. The molecule has 0 heterocycles.